The highest BCUT2D eigenvalue weighted by atomic mass is 35.5. The maximum Gasteiger partial charge on any atom is 0.226 e. The fourth-order valence-corrected chi connectivity index (χ4v) is 4.22. The van der Waals surface area contributed by atoms with Crippen molar-refractivity contribution in [3.05, 3.63) is 32.9 Å². The molecule has 0 aliphatic heterocycles. The normalized spacial score (nSPS) is 13.4. The van der Waals surface area contributed by atoms with E-state index in [1.54, 1.807) is 22.2 Å². The Morgan fingerprint density at radius 2 is 2.30 bits per heavy atom. The molecule has 1 aliphatic rings. The van der Waals surface area contributed by atoms with Crippen molar-refractivity contribution in [3.63, 3.8) is 0 Å². The molecule has 3 rings (SSSR count). The highest BCUT2D eigenvalue weighted by Crippen LogP contribution is 2.37. The summed E-state index contributed by atoms with van der Waals surface area (Å²) < 4.78 is 1.71. The average molecular weight is 349 g/mol. The van der Waals surface area contributed by atoms with Crippen LogP contribution in [0.25, 0.3) is 0 Å². The molecule has 0 fully saturated rings. The van der Waals surface area contributed by atoms with Gasteiger partial charge in [0.2, 0.25) is 5.91 Å². The molecule has 0 radical (unpaired) electrons. The second-order valence-corrected chi connectivity index (χ2v) is 7.14. The second-order valence-electron chi connectivity index (χ2n) is 5.63. The Balaban J connectivity index is 1.67. The maximum absolute atomic E-state index is 12.2. The van der Waals surface area contributed by atoms with Crippen molar-refractivity contribution >= 4 is 33.8 Å². The fraction of sp³-hybridized carbons (Fsp3) is 0.438. The first-order valence-corrected chi connectivity index (χ1v) is 8.82. The molecule has 5 nitrogen and oxygen atoms in total. The Bertz CT molecular complexity index is 787. The SMILES string of the molecule is Cc1c(Cl)cnn1CCC(=O)Nc1sc2c(c1C#N)CCCC2. The molecular formula is C16H17ClN4OS. The van der Waals surface area contributed by atoms with Crippen LogP contribution >= 0.6 is 22.9 Å². The van der Waals surface area contributed by atoms with Crippen LogP contribution in [0.5, 0.6) is 0 Å². The number of nitriles is 1. The van der Waals surface area contributed by atoms with Crippen LogP contribution in [0.15, 0.2) is 6.20 Å². The maximum atomic E-state index is 12.2. The first-order chi connectivity index (χ1) is 11.1. The molecule has 1 amide bonds. The predicted octanol–water partition coefficient (Wildman–Crippen LogP) is 3.69. The van der Waals surface area contributed by atoms with Crippen molar-refractivity contribution in [1.29, 1.82) is 5.26 Å². The van der Waals surface area contributed by atoms with Crippen molar-refractivity contribution < 1.29 is 4.79 Å². The summed E-state index contributed by atoms with van der Waals surface area (Å²) in [6, 6.07) is 2.26. The third-order valence-electron chi connectivity index (χ3n) is 4.13. The van der Waals surface area contributed by atoms with Crippen LogP contribution in [0.2, 0.25) is 5.02 Å². The number of anilines is 1. The molecule has 0 saturated carbocycles. The summed E-state index contributed by atoms with van der Waals surface area (Å²) in [6.07, 6.45) is 6.10. The smallest absolute Gasteiger partial charge is 0.226 e. The minimum atomic E-state index is -0.105. The van der Waals surface area contributed by atoms with E-state index in [1.807, 2.05) is 6.92 Å². The number of fused-ring (bicyclic) bond motifs is 1. The molecule has 0 bridgehead atoms. The number of hydrogen-bond donors (Lipinski definition) is 1. The van der Waals surface area contributed by atoms with Crippen molar-refractivity contribution in [3.8, 4) is 6.07 Å². The lowest BCUT2D eigenvalue weighted by Gasteiger charge is -2.09. The Hall–Kier alpha value is -1.84. The van der Waals surface area contributed by atoms with Gasteiger partial charge in [-0.05, 0) is 38.2 Å². The third-order valence-corrected chi connectivity index (χ3v) is 5.71. The van der Waals surface area contributed by atoms with Gasteiger partial charge in [0, 0.05) is 11.3 Å². The summed E-state index contributed by atoms with van der Waals surface area (Å²) in [5, 5.41) is 17.7. The van der Waals surface area contributed by atoms with Gasteiger partial charge in [-0.3, -0.25) is 9.48 Å². The van der Waals surface area contributed by atoms with E-state index < -0.39 is 0 Å². The first-order valence-electron chi connectivity index (χ1n) is 7.62. The molecule has 2 heterocycles. The Morgan fingerprint density at radius 3 is 3.00 bits per heavy atom. The Kier molecular flexibility index (Phi) is 4.69. The third kappa shape index (κ3) is 3.26. The summed E-state index contributed by atoms with van der Waals surface area (Å²) in [6.45, 7) is 2.34. The van der Waals surface area contributed by atoms with E-state index in [0.29, 0.717) is 28.6 Å². The molecule has 0 saturated heterocycles. The molecule has 120 valence electrons. The van der Waals surface area contributed by atoms with E-state index in [9.17, 15) is 10.1 Å². The van der Waals surface area contributed by atoms with Gasteiger partial charge in [0.05, 0.1) is 29.0 Å². The number of nitrogens with one attached hydrogen (secondary N) is 1. The molecule has 0 unspecified atom stereocenters. The predicted molar refractivity (Wildman–Crippen MR) is 90.9 cm³/mol. The van der Waals surface area contributed by atoms with Crippen LogP contribution < -0.4 is 5.32 Å². The van der Waals surface area contributed by atoms with Gasteiger partial charge in [-0.25, -0.2) is 0 Å². The number of aryl methyl sites for hydroxylation is 2. The monoisotopic (exact) mass is 348 g/mol. The minimum absolute atomic E-state index is 0.105. The van der Waals surface area contributed by atoms with Crippen LogP contribution in [-0.2, 0) is 24.2 Å². The first kappa shape index (κ1) is 16.0. The molecule has 2 aromatic heterocycles. The summed E-state index contributed by atoms with van der Waals surface area (Å²) in [4.78, 5) is 13.4. The number of aromatic nitrogens is 2. The van der Waals surface area contributed by atoms with Crippen LogP contribution in [0.3, 0.4) is 0 Å². The molecular weight excluding hydrogens is 332 g/mol. The molecule has 0 atom stereocenters. The van der Waals surface area contributed by atoms with Gasteiger partial charge in [0.1, 0.15) is 11.1 Å². The van der Waals surface area contributed by atoms with Crippen molar-refractivity contribution in [2.75, 3.05) is 5.32 Å². The van der Waals surface area contributed by atoms with Gasteiger partial charge >= 0.3 is 0 Å². The number of hydrogen-bond acceptors (Lipinski definition) is 4. The van der Waals surface area contributed by atoms with Gasteiger partial charge < -0.3 is 5.32 Å². The lowest BCUT2D eigenvalue weighted by Crippen LogP contribution is -2.15. The number of nitrogens with zero attached hydrogens (tertiary/aromatic N) is 3. The standard InChI is InChI=1S/C16H17ClN4OS/c1-10-13(17)9-19-21(10)7-6-15(22)20-16-12(8-18)11-4-2-3-5-14(11)23-16/h9H,2-7H2,1H3,(H,20,22). The number of rotatable bonds is 4. The van der Waals surface area contributed by atoms with Gasteiger partial charge in [0.15, 0.2) is 0 Å². The van der Waals surface area contributed by atoms with Gasteiger partial charge in [0.25, 0.3) is 0 Å². The lowest BCUT2D eigenvalue weighted by molar-refractivity contribution is -0.116. The van der Waals surface area contributed by atoms with Crippen LogP contribution in [0, 0.1) is 18.3 Å². The summed E-state index contributed by atoms with van der Waals surface area (Å²) >= 11 is 7.50. The summed E-state index contributed by atoms with van der Waals surface area (Å²) in [5.41, 5.74) is 2.63. The molecule has 0 spiro atoms. The minimum Gasteiger partial charge on any atom is -0.317 e. The molecule has 1 N–H and O–H groups in total. The molecule has 2 aromatic rings. The Labute approximate surface area is 143 Å². The van der Waals surface area contributed by atoms with E-state index in [-0.39, 0.29) is 5.91 Å². The van der Waals surface area contributed by atoms with Crippen molar-refractivity contribution in [2.24, 2.45) is 0 Å². The Morgan fingerprint density at radius 1 is 1.52 bits per heavy atom. The van der Waals surface area contributed by atoms with Crippen LogP contribution in [-0.4, -0.2) is 15.7 Å². The number of carbonyl (C=O) groups excluding carboxylic acids is 1. The summed E-state index contributed by atoms with van der Waals surface area (Å²) in [7, 11) is 0. The molecule has 23 heavy (non-hydrogen) atoms. The van der Waals surface area contributed by atoms with Crippen LogP contribution in [0.4, 0.5) is 5.00 Å². The van der Waals surface area contributed by atoms with E-state index in [0.717, 1.165) is 36.9 Å². The average Bonchev–Trinajstić information content (AvgIpc) is 3.06. The molecule has 0 aromatic carbocycles. The number of amides is 1. The highest BCUT2D eigenvalue weighted by Gasteiger charge is 2.21. The quantitative estimate of drug-likeness (QED) is 0.916. The van der Waals surface area contributed by atoms with Crippen molar-refractivity contribution in [2.45, 2.75) is 45.6 Å². The zero-order valence-electron chi connectivity index (χ0n) is 12.9. The summed E-state index contributed by atoms with van der Waals surface area (Å²) in [5.74, 6) is -0.105. The molecule has 7 heteroatoms. The van der Waals surface area contributed by atoms with Gasteiger partial charge in [-0.1, -0.05) is 11.6 Å². The highest BCUT2D eigenvalue weighted by molar-refractivity contribution is 7.16. The fourth-order valence-electron chi connectivity index (χ4n) is 2.82. The topological polar surface area (TPSA) is 70.7 Å². The van der Waals surface area contributed by atoms with Gasteiger partial charge in [-0.15, -0.1) is 11.3 Å². The zero-order chi connectivity index (χ0) is 16.4. The second kappa shape index (κ2) is 6.73. The number of halogens is 1. The van der Waals surface area contributed by atoms with E-state index in [4.69, 9.17) is 11.6 Å². The van der Waals surface area contributed by atoms with Crippen molar-refractivity contribution in [1.82, 2.24) is 9.78 Å². The zero-order valence-corrected chi connectivity index (χ0v) is 14.4. The largest absolute Gasteiger partial charge is 0.317 e. The lowest BCUT2D eigenvalue weighted by atomic mass is 9.96. The van der Waals surface area contributed by atoms with E-state index in [2.05, 4.69) is 16.5 Å². The number of carbonyl (C=O) groups is 1. The van der Waals surface area contributed by atoms with E-state index in [1.165, 1.54) is 4.88 Å². The van der Waals surface area contributed by atoms with E-state index >= 15 is 0 Å². The number of thiophene rings is 1. The van der Waals surface area contributed by atoms with Crippen LogP contribution in [0.1, 0.15) is 41.0 Å². The molecule has 1 aliphatic carbocycles. The van der Waals surface area contributed by atoms with Gasteiger partial charge in [-0.2, -0.15) is 10.4 Å².